The number of amides is 2. The van der Waals surface area contributed by atoms with Gasteiger partial charge in [-0.3, -0.25) is 14.5 Å². The highest BCUT2D eigenvalue weighted by Crippen LogP contribution is 2.38. The fourth-order valence-corrected chi connectivity index (χ4v) is 4.31. The van der Waals surface area contributed by atoms with Gasteiger partial charge in [0.1, 0.15) is 0 Å². The summed E-state index contributed by atoms with van der Waals surface area (Å²) in [5, 5.41) is 3.26. The predicted octanol–water partition coefficient (Wildman–Crippen LogP) is 0.699. The summed E-state index contributed by atoms with van der Waals surface area (Å²) >= 11 is 0. The van der Waals surface area contributed by atoms with E-state index in [1.54, 1.807) is 17.0 Å². The first kappa shape index (κ1) is 26.1. The lowest BCUT2D eigenvalue weighted by Gasteiger charge is -2.30. The topological polar surface area (TPSA) is 92.8 Å². The van der Waals surface area contributed by atoms with Crippen molar-refractivity contribution < 1.29 is 28.5 Å². The number of nitrogens with zero attached hydrogens (tertiary/aromatic N) is 3. The summed E-state index contributed by atoms with van der Waals surface area (Å²) in [4.78, 5) is 32.3. The SMILES string of the molecule is COc1cc(C(=O)N(CCCN2CCOCC2)CCC(=O)N2CCNCC2)cc(OC)c1OC. The Labute approximate surface area is 202 Å². The van der Waals surface area contributed by atoms with Gasteiger partial charge in [-0.05, 0) is 18.6 Å². The lowest BCUT2D eigenvalue weighted by Crippen LogP contribution is -2.47. The molecule has 0 atom stereocenters. The normalized spacial score (nSPS) is 16.7. The van der Waals surface area contributed by atoms with E-state index in [-0.39, 0.29) is 11.8 Å². The Balaban J connectivity index is 1.71. The molecular formula is C24H38N4O6. The first-order chi connectivity index (χ1) is 16.6. The standard InChI is InChI=1S/C24H38N4O6/c1-31-20-17-19(18-21(32-2)23(20)33-3)24(30)28(9-4-8-26-13-15-34-16-14-26)10-5-22(29)27-11-6-25-7-12-27/h17-18,25H,4-16H2,1-3H3. The molecule has 0 aromatic heterocycles. The van der Waals surface area contributed by atoms with Crippen molar-refractivity contribution in [3.63, 3.8) is 0 Å². The third kappa shape index (κ3) is 6.97. The van der Waals surface area contributed by atoms with Crippen molar-refractivity contribution in [2.45, 2.75) is 12.8 Å². The summed E-state index contributed by atoms with van der Waals surface area (Å²) < 4.78 is 21.7. The Morgan fingerprint density at radius 2 is 1.62 bits per heavy atom. The summed E-state index contributed by atoms with van der Waals surface area (Å²) in [5.74, 6) is 1.21. The van der Waals surface area contributed by atoms with Crippen molar-refractivity contribution >= 4 is 11.8 Å². The van der Waals surface area contributed by atoms with Crippen LogP contribution in [0.15, 0.2) is 12.1 Å². The molecule has 2 heterocycles. The fraction of sp³-hybridized carbons (Fsp3) is 0.667. The van der Waals surface area contributed by atoms with E-state index in [2.05, 4.69) is 10.2 Å². The maximum Gasteiger partial charge on any atom is 0.254 e. The van der Waals surface area contributed by atoms with Gasteiger partial charge in [0.05, 0.1) is 34.5 Å². The molecule has 2 fully saturated rings. The molecule has 0 unspecified atom stereocenters. The van der Waals surface area contributed by atoms with Gasteiger partial charge in [0.15, 0.2) is 11.5 Å². The van der Waals surface area contributed by atoms with Gasteiger partial charge < -0.3 is 34.1 Å². The van der Waals surface area contributed by atoms with Gasteiger partial charge in [-0.25, -0.2) is 0 Å². The summed E-state index contributed by atoms with van der Waals surface area (Å²) in [7, 11) is 4.58. The van der Waals surface area contributed by atoms with Gasteiger partial charge >= 0.3 is 0 Å². The van der Waals surface area contributed by atoms with Crippen molar-refractivity contribution in [2.75, 3.05) is 93.4 Å². The molecule has 34 heavy (non-hydrogen) atoms. The van der Waals surface area contributed by atoms with Gasteiger partial charge in [0.2, 0.25) is 11.7 Å². The number of hydrogen-bond donors (Lipinski definition) is 1. The Kier molecular flexibility index (Phi) is 10.2. The lowest BCUT2D eigenvalue weighted by atomic mass is 10.1. The molecular weight excluding hydrogens is 440 g/mol. The number of carbonyl (C=O) groups is 2. The zero-order valence-electron chi connectivity index (χ0n) is 20.6. The highest BCUT2D eigenvalue weighted by Gasteiger charge is 2.24. The van der Waals surface area contributed by atoms with Crippen LogP contribution in [-0.4, -0.2) is 120 Å². The zero-order chi connectivity index (χ0) is 24.3. The average Bonchev–Trinajstić information content (AvgIpc) is 2.90. The van der Waals surface area contributed by atoms with E-state index in [0.717, 1.165) is 52.4 Å². The maximum absolute atomic E-state index is 13.6. The molecule has 2 aliphatic rings. The molecule has 1 aromatic carbocycles. The van der Waals surface area contributed by atoms with Gasteiger partial charge in [-0.1, -0.05) is 0 Å². The number of methoxy groups -OCH3 is 3. The molecule has 0 radical (unpaired) electrons. The predicted molar refractivity (Wildman–Crippen MR) is 128 cm³/mol. The van der Waals surface area contributed by atoms with Crippen molar-refractivity contribution in [2.24, 2.45) is 0 Å². The van der Waals surface area contributed by atoms with Crippen LogP contribution in [0.25, 0.3) is 0 Å². The number of nitrogens with one attached hydrogen (secondary N) is 1. The van der Waals surface area contributed by atoms with Crippen molar-refractivity contribution in [1.82, 2.24) is 20.0 Å². The van der Waals surface area contributed by atoms with Gasteiger partial charge in [0.25, 0.3) is 5.91 Å². The number of rotatable bonds is 11. The van der Waals surface area contributed by atoms with Crippen LogP contribution in [0, 0.1) is 0 Å². The molecule has 10 heteroatoms. The largest absolute Gasteiger partial charge is 0.493 e. The number of benzene rings is 1. The van der Waals surface area contributed by atoms with Crippen LogP contribution in [-0.2, 0) is 9.53 Å². The third-order valence-corrected chi connectivity index (χ3v) is 6.27. The van der Waals surface area contributed by atoms with Gasteiger partial charge in [-0.2, -0.15) is 0 Å². The summed E-state index contributed by atoms with van der Waals surface area (Å²) in [6.07, 6.45) is 1.12. The smallest absolute Gasteiger partial charge is 0.254 e. The van der Waals surface area contributed by atoms with Crippen molar-refractivity contribution in [1.29, 1.82) is 0 Å². The summed E-state index contributed by atoms with van der Waals surface area (Å²) in [6.45, 7) is 8.12. The zero-order valence-corrected chi connectivity index (χ0v) is 20.6. The molecule has 0 bridgehead atoms. The van der Waals surface area contributed by atoms with Crippen molar-refractivity contribution in [3.05, 3.63) is 17.7 Å². The molecule has 190 valence electrons. The molecule has 1 aromatic rings. The second-order valence-electron chi connectivity index (χ2n) is 8.39. The molecule has 0 aliphatic carbocycles. The molecule has 1 N–H and O–H groups in total. The Morgan fingerprint density at radius 3 is 2.21 bits per heavy atom. The fourth-order valence-electron chi connectivity index (χ4n) is 4.31. The quantitative estimate of drug-likeness (QED) is 0.497. The van der Waals surface area contributed by atoms with E-state index in [9.17, 15) is 9.59 Å². The molecule has 0 spiro atoms. The Hall–Kier alpha value is -2.56. The van der Waals surface area contributed by atoms with Crippen LogP contribution < -0.4 is 19.5 Å². The highest BCUT2D eigenvalue weighted by molar-refractivity contribution is 5.96. The Morgan fingerprint density at radius 1 is 0.971 bits per heavy atom. The van der Waals surface area contributed by atoms with E-state index in [0.29, 0.717) is 55.4 Å². The average molecular weight is 479 g/mol. The summed E-state index contributed by atoms with van der Waals surface area (Å²) in [6, 6.07) is 3.33. The van der Waals surface area contributed by atoms with Crippen LogP contribution in [0.1, 0.15) is 23.2 Å². The molecule has 2 saturated heterocycles. The number of carbonyl (C=O) groups excluding carboxylic acids is 2. The number of piperazine rings is 1. The van der Waals surface area contributed by atoms with E-state index < -0.39 is 0 Å². The van der Waals surface area contributed by atoms with Crippen LogP contribution in [0.3, 0.4) is 0 Å². The first-order valence-electron chi connectivity index (χ1n) is 11.9. The molecule has 2 aliphatic heterocycles. The van der Waals surface area contributed by atoms with Gasteiger partial charge in [-0.15, -0.1) is 0 Å². The minimum atomic E-state index is -0.158. The number of ether oxygens (including phenoxy) is 4. The molecule has 2 amide bonds. The second kappa shape index (κ2) is 13.4. The van der Waals surface area contributed by atoms with Crippen molar-refractivity contribution in [3.8, 4) is 17.2 Å². The lowest BCUT2D eigenvalue weighted by molar-refractivity contribution is -0.131. The third-order valence-electron chi connectivity index (χ3n) is 6.27. The maximum atomic E-state index is 13.6. The van der Waals surface area contributed by atoms with Gasteiger partial charge in [0, 0.05) is 70.9 Å². The number of morpholine rings is 1. The van der Waals surface area contributed by atoms with Crippen LogP contribution >= 0.6 is 0 Å². The minimum Gasteiger partial charge on any atom is -0.493 e. The Bertz CT molecular complexity index is 784. The first-order valence-corrected chi connectivity index (χ1v) is 11.9. The summed E-state index contributed by atoms with van der Waals surface area (Å²) in [5.41, 5.74) is 0.440. The highest BCUT2D eigenvalue weighted by atomic mass is 16.5. The van der Waals surface area contributed by atoms with E-state index >= 15 is 0 Å². The minimum absolute atomic E-state index is 0.0809. The van der Waals surface area contributed by atoms with E-state index in [4.69, 9.17) is 18.9 Å². The van der Waals surface area contributed by atoms with Crippen LogP contribution in [0.2, 0.25) is 0 Å². The van der Waals surface area contributed by atoms with E-state index in [1.807, 2.05) is 4.90 Å². The molecule has 3 rings (SSSR count). The molecule has 0 saturated carbocycles. The van der Waals surface area contributed by atoms with E-state index in [1.165, 1.54) is 21.3 Å². The monoisotopic (exact) mass is 478 g/mol. The number of hydrogen-bond acceptors (Lipinski definition) is 8. The van der Waals surface area contributed by atoms with Crippen LogP contribution in [0.5, 0.6) is 17.2 Å². The molecule has 10 nitrogen and oxygen atoms in total. The second-order valence-corrected chi connectivity index (χ2v) is 8.39. The van der Waals surface area contributed by atoms with Crippen LogP contribution in [0.4, 0.5) is 0 Å².